The number of nitrogens with one attached hydrogen (secondary N) is 2. The molecule has 4 aromatic rings. The predicted octanol–water partition coefficient (Wildman–Crippen LogP) is 6.48. The average molecular weight is 787 g/mol. The number of fused-ring (bicyclic) bond motifs is 5. The van der Waals surface area contributed by atoms with E-state index in [1.165, 1.54) is 6.07 Å². The molecule has 12 nitrogen and oxygen atoms in total. The van der Waals surface area contributed by atoms with Crippen LogP contribution in [0.15, 0.2) is 41.2 Å². The molecule has 0 radical (unpaired) electrons. The van der Waals surface area contributed by atoms with E-state index in [0.29, 0.717) is 54.1 Å². The minimum absolute atomic E-state index is 0.0158. The minimum Gasteiger partial charge on any atom is -0.458 e. The van der Waals surface area contributed by atoms with Gasteiger partial charge in [-0.1, -0.05) is 6.92 Å². The van der Waals surface area contributed by atoms with E-state index in [-0.39, 0.29) is 48.5 Å². The fourth-order valence-corrected chi connectivity index (χ4v) is 8.20. The van der Waals surface area contributed by atoms with Crippen LogP contribution < -0.4 is 16.0 Å². The number of rotatable bonds is 10. The maximum atomic E-state index is 15.2. The summed E-state index contributed by atoms with van der Waals surface area (Å²) in [7, 11) is -1.28. The molecule has 56 heavy (non-hydrogen) atoms. The number of pyridine rings is 2. The number of anilines is 1. The van der Waals surface area contributed by atoms with Crippen LogP contribution in [0.4, 0.5) is 10.1 Å². The van der Waals surface area contributed by atoms with Crippen molar-refractivity contribution in [2.75, 3.05) is 18.3 Å². The summed E-state index contributed by atoms with van der Waals surface area (Å²) >= 11 is 0. The van der Waals surface area contributed by atoms with Crippen LogP contribution in [0, 0.1) is 24.8 Å². The molecule has 2 aromatic carbocycles. The third kappa shape index (κ3) is 7.82. The largest absolute Gasteiger partial charge is 0.458 e. The number of carbonyl (C=O) groups is 2. The first-order valence-corrected chi connectivity index (χ1v) is 20.0. The van der Waals surface area contributed by atoms with E-state index in [1.54, 1.807) is 62.6 Å². The van der Waals surface area contributed by atoms with Gasteiger partial charge in [-0.15, -0.1) is 6.42 Å². The van der Waals surface area contributed by atoms with E-state index >= 15 is 4.39 Å². The van der Waals surface area contributed by atoms with E-state index < -0.39 is 37.1 Å². The lowest BCUT2D eigenvalue weighted by molar-refractivity contribution is -0.172. The number of benzene rings is 2. The van der Waals surface area contributed by atoms with Crippen LogP contribution in [0.2, 0.25) is 0 Å². The number of halogens is 1. The second kappa shape index (κ2) is 16.0. The van der Waals surface area contributed by atoms with Crippen molar-refractivity contribution < 1.29 is 38.2 Å². The summed E-state index contributed by atoms with van der Waals surface area (Å²) in [4.78, 5) is 45.0. The minimum atomic E-state index is -1.97. The van der Waals surface area contributed by atoms with Gasteiger partial charge < -0.3 is 39.2 Å². The van der Waals surface area contributed by atoms with Crippen molar-refractivity contribution in [1.82, 2.24) is 14.9 Å². The van der Waals surface area contributed by atoms with Crippen molar-refractivity contribution >= 4 is 36.8 Å². The molecule has 1 aliphatic carbocycles. The van der Waals surface area contributed by atoms with E-state index in [0.717, 1.165) is 27.8 Å². The Labute approximate surface area is 326 Å². The van der Waals surface area contributed by atoms with Crippen LogP contribution in [-0.2, 0) is 44.0 Å². The normalized spacial score (nSPS) is 18.5. The van der Waals surface area contributed by atoms with Gasteiger partial charge >= 0.3 is 5.97 Å². The highest BCUT2D eigenvalue weighted by Crippen LogP contribution is 2.46. The van der Waals surface area contributed by atoms with E-state index in [2.05, 4.69) is 16.1 Å². The summed E-state index contributed by atoms with van der Waals surface area (Å²) < 4.78 is 32.6. The number of terminal acetylenes is 1. The number of aryl methyl sites for hydroxylation is 1. The Balaban J connectivity index is 0.000000528. The summed E-state index contributed by atoms with van der Waals surface area (Å²) in [6.07, 6.45) is 6.81. The lowest BCUT2D eigenvalue weighted by Gasteiger charge is -2.31. The molecule has 3 atom stereocenters. The standard InChI is InChI=1S/C35H32FN4O6P.C7H16O2/c1-5-35(44)24-14-28-31-22(16-40(28)33(42)23(24)17-45-34(35)43)30-26(13-12-21-18(4)25(36)15-27(37-31)29(21)30)38-32(41)19-8-10-20(11-9-19)39-47(7-3)46-6-2;1-6(2)9-5-7(3,4)8/h3,8-11,14-15,26,39,44H,5-6,12-13,16-17H2,1-2,4H3,(H,38,41);6,8H,5H2,1-4H3. The lowest BCUT2D eigenvalue weighted by atomic mass is 9.81. The number of hydrogen-bond donors (Lipinski definition) is 4. The van der Waals surface area contributed by atoms with Crippen molar-refractivity contribution in [3.63, 3.8) is 0 Å². The van der Waals surface area contributed by atoms with Gasteiger partial charge in [0.15, 0.2) is 5.60 Å². The maximum Gasteiger partial charge on any atom is 0.343 e. The fraction of sp³-hybridized carbons (Fsp3) is 0.429. The molecule has 0 saturated carbocycles. The molecule has 2 aromatic heterocycles. The zero-order valence-electron chi connectivity index (χ0n) is 32.7. The summed E-state index contributed by atoms with van der Waals surface area (Å²) in [6, 6.07) is 9.50. The smallest absolute Gasteiger partial charge is 0.343 e. The van der Waals surface area contributed by atoms with Crippen molar-refractivity contribution in [2.24, 2.45) is 0 Å². The first-order valence-electron chi connectivity index (χ1n) is 18.7. The Morgan fingerprint density at radius 3 is 2.52 bits per heavy atom. The van der Waals surface area contributed by atoms with Crippen LogP contribution in [0.1, 0.15) is 104 Å². The average Bonchev–Trinajstić information content (AvgIpc) is 3.53. The van der Waals surface area contributed by atoms with Gasteiger partial charge in [0.25, 0.3) is 11.5 Å². The SMILES string of the molecule is C#CP(Nc1ccc(C(=O)NC2CCc3c(C)c(F)cc4nc5c(c2c34)Cn2c-5cc3c(c2=O)COC(=O)C3(O)CC)cc1)OCC.CC(C)OCC(C)(C)O. The van der Waals surface area contributed by atoms with Crippen LogP contribution in [0.25, 0.3) is 22.3 Å². The Hall–Kier alpha value is -4.70. The molecule has 3 unspecified atom stereocenters. The molecular weight excluding hydrogens is 738 g/mol. The Morgan fingerprint density at radius 1 is 1.20 bits per heavy atom. The molecule has 14 heteroatoms. The molecular formula is C42H48FN4O8P. The van der Waals surface area contributed by atoms with Gasteiger partial charge in [-0.3, -0.25) is 9.59 Å². The second-order valence-corrected chi connectivity index (χ2v) is 16.4. The van der Waals surface area contributed by atoms with Gasteiger partial charge in [-0.2, -0.15) is 0 Å². The van der Waals surface area contributed by atoms with Crippen molar-refractivity contribution in [3.8, 4) is 23.5 Å². The zero-order valence-corrected chi connectivity index (χ0v) is 33.6. The number of ether oxygens (including phenoxy) is 2. The van der Waals surface area contributed by atoms with Crippen molar-refractivity contribution in [1.29, 1.82) is 0 Å². The molecule has 7 rings (SSSR count). The maximum absolute atomic E-state index is 15.2. The number of amides is 1. The predicted molar refractivity (Wildman–Crippen MR) is 213 cm³/mol. The number of carbonyl (C=O) groups excluding carboxylic acids is 2. The molecule has 2 aliphatic heterocycles. The highest BCUT2D eigenvalue weighted by Gasteiger charge is 2.46. The van der Waals surface area contributed by atoms with Gasteiger partial charge in [0, 0.05) is 33.8 Å². The summed E-state index contributed by atoms with van der Waals surface area (Å²) in [5.41, 5.74) is 5.28. The third-order valence-electron chi connectivity index (χ3n) is 10.2. The molecule has 0 saturated heterocycles. The van der Waals surface area contributed by atoms with Crippen molar-refractivity contribution in [3.05, 3.63) is 91.5 Å². The van der Waals surface area contributed by atoms with E-state index in [9.17, 15) is 19.5 Å². The number of esters is 1. The molecule has 3 aliphatic rings. The van der Waals surface area contributed by atoms with Crippen LogP contribution >= 0.6 is 8.30 Å². The molecule has 0 fully saturated rings. The quantitative estimate of drug-likeness (QED) is 0.0701. The molecule has 0 bridgehead atoms. The third-order valence-corrected chi connectivity index (χ3v) is 11.4. The highest BCUT2D eigenvalue weighted by atomic mass is 31.2. The molecule has 4 N–H and O–H groups in total. The summed E-state index contributed by atoms with van der Waals surface area (Å²) in [5.74, 6) is -1.49. The topological polar surface area (TPSA) is 161 Å². The van der Waals surface area contributed by atoms with Crippen LogP contribution in [0.3, 0.4) is 0 Å². The lowest BCUT2D eigenvalue weighted by Crippen LogP contribution is -2.44. The number of nitrogens with zero attached hydrogens (tertiary/aromatic N) is 2. The Bertz CT molecular complexity index is 2300. The Morgan fingerprint density at radius 2 is 1.91 bits per heavy atom. The Kier molecular flexibility index (Phi) is 11.7. The van der Waals surface area contributed by atoms with Gasteiger partial charge in [-0.25, -0.2) is 14.2 Å². The van der Waals surface area contributed by atoms with Crippen LogP contribution in [0.5, 0.6) is 0 Å². The number of cyclic esters (lactones) is 1. The number of aromatic nitrogens is 2. The van der Waals surface area contributed by atoms with Gasteiger partial charge in [0.05, 0.1) is 60.0 Å². The first-order chi connectivity index (χ1) is 26.5. The summed E-state index contributed by atoms with van der Waals surface area (Å²) in [5, 5.41) is 27.5. The van der Waals surface area contributed by atoms with Gasteiger partial charge in [0.1, 0.15) is 12.4 Å². The molecule has 1 amide bonds. The highest BCUT2D eigenvalue weighted by molar-refractivity contribution is 7.59. The number of hydrogen-bond acceptors (Lipinski definition) is 10. The molecule has 0 spiro atoms. The van der Waals surface area contributed by atoms with Gasteiger partial charge in [0.2, 0.25) is 8.30 Å². The number of aliphatic hydroxyl groups is 2. The summed E-state index contributed by atoms with van der Waals surface area (Å²) in [6.45, 7) is 13.4. The van der Waals surface area contributed by atoms with Gasteiger partial charge in [-0.05, 0) is 113 Å². The molecule has 296 valence electrons. The van der Waals surface area contributed by atoms with E-state index in [1.807, 2.05) is 20.8 Å². The second-order valence-electron chi connectivity index (χ2n) is 15.1. The zero-order chi connectivity index (χ0) is 40.7. The first kappa shape index (κ1) is 40.9. The fourth-order valence-electron chi connectivity index (χ4n) is 7.36. The van der Waals surface area contributed by atoms with Crippen molar-refractivity contribution in [2.45, 2.75) is 104 Å². The van der Waals surface area contributed by atoms with Crippen LogP contribution in [-0.4, -0.2) is 56.6 Å². The monoisotopic (exact) mass is 786 g/mol. The molecule has 4 heterocycles. The van der Waals surface area contributed by atoms with E-state index in [4.69, 9.17) is 30.5 Å².